The van der Waals surface area contributed by atoms with Gasteiger partial charge in [0.05, 0.1) is 13.0 Å². The topological polar surface area (TPSA) is 67.3 Å². The summed E-state index contributed by atoms with van der Waals surface area (Å²) in [6, 6.07) is 2.51. The first-order chi connectivity index (χ1) is 11.0. The van der Waals surface area contributed by atoms with Crippen molar-refractivity contribution in [3.63, 3.8) is 0 Å². The third kappa shape index (κ3) is 5.42. The van der Waals surface area contributed by atoms with Gasteiger partial charge in [0.15, 0.2) is 0 Å². The average Bonchev–Trinajstić information content (AvgIpc) is 2.51. The lowest BCUT2D eigenvalue weighted by Gasteiger charge is -2.36. The van der Waals surface area contributed by atoms with E-state index in [9.17, 15) is 4.79 Å². The van der Waals surface area contributed by atoms with Crippen molar-refractivity contribution in [2.75, 3.05) is 25.0 Å². The number of carbonyl (C=O) groups is 1. The minimum absolute atomic E-state index is 0.121. The first-order valence-corrected chi connectivity index (χ1v) is 8.95. The molecule has 1 aliphatic heterocycles. The molecule has 1 unspecified atom stereocenters. The van der Waals surface area contributed by atoms with Crippen LogP contribution in [-0.4, -0.2) is 52.8 Å². The highest BCUT2D eigenvalue weighted by Gasteiger charge is 2.25. The van der Waals surface area contributed by atoms with Crippen LogP contribution in [0.2, 0.25) is 0 Å². The Hall–Kier alpha value is -1.21. The Morgan fingerprint density at radius 2 is 2.35 bits per heavy atom. The van der Waals surface area contributed by atoms with Crippen LogP contribution in [0, 0.1) is 6.92 Å². The van der Waals surface area contributed by atoms with Crippen molar-refractivity contribution in [1.29, 1.82) is 0 Å². The third-order valence-corrected chi connectivity index (χ3v) is 4.90. The molecular weight excluding hydrogens is 360 g/mol. The molecule has 0 aliphatic carbocycles. The van der Waals surface area contributed by atoms with Crippen molar-refractivity contribution in [2.24, 2.45) is 0 Å². The van der Waals surface area contributed by atoms with Crippen LogP contribution in [0.3, 0.4) is 0 Å². The summed E-state index contributed by atoms with van der Waals surface area (Å²) < 4.78 is 5.82. The highest BCUT2D eigenvalue weighted by atomic mass is 79.9. The molecule has 23 heavy (non-hydrogen) atoms. The van der Waals surface area contributed by atoms with E-state index in [0.717, 1.165) is 41.9 Å². The molecule has 6 nitrogen and oxygen atoms in total. The van der Waals surface area contributed by atoms with Gasteiger partial charge in [-0.15, -0.1) is 10.2 Å². The van der Waals surface area contributed by atoms with Gasteiger partial charge in [0, 0.05) is 18.6 Å². The predicted octanol–water partition coefficient (Wildman–Crippen LogP) is 2.77. The van der Waals surface area contributed by atoms with Gasteiger partial charge in [0.2, 0.25) is 0 Å². The zero-order valence-corrected chi connectivity index (χ0v) is 15.6. The Kier molecular flexibility index (Phi) is 6.77. The molecule has 2 heterocycles. The number of likely N-dealkylation sites (tertiary alicyclic amines) is 1. The fourth-order valence-corrected chi connectivity index (χ4v) is 3.06. The number of piperidine rings is 1. The van der Waals surface area contributed by atoms with Crippen LogP contribution in [0.1, 0.15) is 38.7 Å². The second-order valence-corrected chi connectivity index (χ2v) is 6.79. The second kappa shape index (κ2) is 8.59. The number of ether oxygens (including phenoxy) is 1. The number of hydrogen-bond acceptors (Lipinski definition) is 6. The lowest BCUT2D eigenvalue weighted by molar-refractivity contribution is -0.144. The maximum absolute atomic E-state index is 11.7. The molecule has 1 aromatic rings. The summed E-state index contributed by atoms with van der Waals surface area (Å²) in [5, 5.41) is 11.7. The van der Waals surface area contributed by atoms with Crippen molar-refractivity contribution in [1.82, 2.24) is 15.1 Å². The van der Waals surface area contributed by atoms with Crippen molar-refractivity contribution in [3.05, 3.63) is 16.2 Å². The van der Waals surface area contributed by atoms with Gasteiger partial charge >= 0.3 is 5.97 Å². The number of rotatable bonds is 6. The Labute approximate surface area is 146 Å². The number of hydrogen-bond donors (Lipinski definition) is 1. The highest BCUT2D eigenvalue weighted by molar-refractivity contribution is 9.10. The molecule has 2 atom stereocenters. The molecule has 1 fully saturated rings. The van der Waals surface area contributed by atoms with Gasteiger partial charge in [-0.1, -0.05) is 0 Å². The zero-order chi connectivity index (χ0) is 16.8. The van der Waals surface area contributed by atoms with E-state index in [4.69, 9.17) is 4.74 Å². The van der Waals surface area contributed by atoms with Crippen molar-refractivity contribution >= 4 is 27.7 Å². The number of esters is 1. The SMILES string of the molecule is CCOC(=O)CC(C)N1CCC[C@@H](Nc2cc(C)c(Br)nn2)C1. The molecule has 1 saturated heterocycles. The summed E-state index contributed by atoms with van der Waals surface area (Å²) in [6.45, 7) is 8.28. The van der Waals surface area contributed by atoms with Crippen LogP contribution in [0.5, 0.6) is 0 Å². The normalized spacial score (nSPS) is 20.1. The van der Waals surface area contributed by atoms with E-state index in [1.165, 1.54) is 0 Å². The molecule has 1 aliphatic rings. The van der Waals surface area contributed by atoms with Crippen LogP contribution in [0.25, 0.3) is 0 Å². The van der Waals surface area contributed by atoms with E-state index in [1.54, 1.807) is 0 Å². The maximum Gasteiger partial charge on any atom is 0.307 e. The Morgan fingerprint density at radius 1 is 1.57 bits per heavy atom. The number of halogens is 1. The Bertz CT molecular complexity index is 541. The van der Waals surface area contributed by atoms with E-state index in [0.29, 0.717) is 19.1 Å². The van der Waals surface area contributed by atoms with E-state index < -0.39 is 0 Å². The van der Waals surface area contributed by atoms with Crippen LogP contribution in [-0.2, 0) is 9.53 Å². The minimum atomic E-state index is -0.121. The zero-order valence-electron chi connectivity index (χ0n) is 14.0. The van der Waals surface area contributed by atoms with Crippen LogP contribution in [0.15, 0.2) is 10.7 Å². The molecule has 0 bridgehead atoms. The number of aromatic nitrogens is 2. The molecule has 1 N–H and O–H groups in total. The van der Waals surface area contributed by atoms with Crippen molar-refractivity contribution < 1.29 is 9.53 Å². The summed E-state index contributed by atoms with van der Waals surface area (Å²) in [5.74, 6) is 0.681. The largest absolute Gasteiger partial charge is 0.466 e. The van der Waals surface area contributed by atoms with Crippen LogP contribution in [0.4, 0.5) is 5.82 Å². The maximum atomic E-state index is 11.7. The van der Waals surface area contributed by atoms with Gasteiger partial charge in [0.25, 0.3) is 0 Å². The number of nitrogens with one attached hydrogen (secondary N) is 1. The highest BCUT2D eigenvalue weighted by Crippen LogP contribution is 2.20. The minimum Gasteiger partial charge on any atom is -0.466 e. The molecule has 1 aromatic heterocycles. The quantitative estimate of drug-likeness (QED) is 0.760. The number of anilines is 1. The summed E-state index contributed by atoms with van der Waals surface area (Å²) in [5.41, 5.74) is 1.06. The lowest BCUT2D eigenvalue weighted by atomic mass is 10.0. The Balaban J connectivity index is 1.89. The van der Waals surface area contributed by atoms with Crippen LogP contribution >= 0.6 is 15.9 Å². The Morgan fingerprint density at radius 3 is 3.04 bits per heavy atom. The fraction of sp³-hybridized carbons (Fsp3) is 0.688. The van der Waals surface area contributed by atoms with E-state index in [2.05, 4.69) is 43.3 Å². The molecule has 7 heteroatoms. The fourth-order valence-electron chi connectivity index (χ4n) is 2.86. The van der Waals surface area contributed by atoms with Crippen molar-refractivity contribution in [3.8, 4) is 0 Å². The summed E-state index contributed by atoms with van der Waals surface area (Å²) in [7, 11) is 0. The number of nitrogens with zero attached hydrogens (tertiary/aromatic N) is 3. The van der Waals surface area contributed by atoms with Gasteiger partial charge in [-0.25, -0.2) is 0 Å². The smallest absolute Gasteiger partial charge is 0.307 e. The lowest BCUT2D eigenvalue weighted by Crippen LogP contribution is -2.47. The van der Waals surface area contributed by atoms with Gasteiger partial charge in [0.1, 0.15) is 10.4 Å². The third-order valence-electron chi connectivity index (χ3n) is 4.12. The predicted molar refractivity (Wildman–Crippen MR) is 93.4 cm³/mol. The molecule has 2 rings (SSSR count). The first kappa shape index (κ1) is 18.1. The number of aryl methyl sites for hydroxylation is 1. The molecule has 128 valence electrons. The van der Waals surface area contributed by atoms with Gasteiger partial charge in [-0.2, -0.15) is 0 Å². The summed E-state index contributed by atoms with van der Waals surface area (Å²) >= 11 is 3.37. The average molecular weight is 385 g/mol. The molecule has 0 amide bonds. The second-order valence-electron chi connectivity index (χ2n) is 6.04. The first-order valence-electron chi connectivity index (χ1n) is 8.15. The molecule has 0 spiro atoms. The molecule has 0 saturated carbocycles. The monoisotopic (exact) mass is 384 g/mol. The standard InChI is InChI=1S/C16H25BrN4O2/c1-4-23-15(22)9-12(3)21-7-5-6-13(10-21)18-14-8-11(2)16(17)20-19-14/h8,12-13H,4-7,9-10H2,1-3H3,(H,18,19)/t12?,13-/m1/s1. The van der Waals surface area contributed by atoms with Crippen LogP contribution < -0.4 is 5.32 Å². The summed E-state index contributed by atoms with van der Waals surface area (Å²) in [6.07, 6.45) is 2.64. The molecular formula is C16H25BrN4O2. The van der Waals surface area contributed by atoms with Crippen molar-refractivity contribution in [2.45, 2.75) is 52.1 Å². The van der Waals surface area contributed by atoms with E-state index in [1.807, 2.05) is 19.9 Å². The number of carbonyl (C=O) groups excluding carboxylic acids is 1. The summed E-state index contributed by atoms with van der Waals surface area (Å²) in [4.78, 5) is 14.0. The molecule has 0 radical (unpaired) electrons. The van der Waals surface area contributed by atoms with Gasteiger partial charge < -0.3 is 10.1 Å². The van der Waals surface area contributed by atoms with Gasteiger partial charge in [-0.05, 0) is 67.7 Å². The van der Waals surface area contributed by atoms with Gasteiger partial charge in [-0.3, -0.25) is 9.69 Å². The molecule has 0 aromatic carbocycles. The van der Waals surface area contributed by atoms with E-state index >= 15 is 0 Å². The van der Waals surface area contributed by atoms with E-state index in [-0.39, 0.29) is 12.0 Å².